The quantitative estimate of drug-likeness (QED) is 0.576. The molecule has 0 bridgehead atoms. The summed E-state index contributed by atoms with van der Waals surface area (Å²) in [6.07, 6.45) is -5.65. The van der Waals surface area contributed by atoms with Gasteiger partial charge in [0.05, 0.1) is 12.0 Å². The van der Waals surface area contributed by atoms with Crippen LogP contribution in [0.4, 0.5) is 13.2 Å². The predicted molar refractivity (Wildman–Crippen MR) is 84.2 cm³/mol. The van der Waals surface area contributed by atoms with Crippen LogP contribution >= 0.6 is 0 Å². The van der Waals surface area contributed by atoms with Gasteiger partial charge in [0.25, 0.3) is 5.91 Å². The molecule has 1 amide bonds. The van der Waals surface area contributed by atoms with Crippen molar-refractivity contribution in [3.8, 4) is 0 Å². The first kappa shape index (κ1) is 19.9. The molecule has 0 fully saturated rings. The molecule has 8 nitrogen and oxygen atoms in total. The zero-order valence-electron chi connectivity index (χ0n) is 13.6. The van der Waals surface area contributed by atoms with Crippen LogP contribution in [-0.2, 0) is 17.4 Å². The lowest BCUT2D eigenvalue weighted by Crippen LogP contribution is -2.38. The van der Waals surface area contributed by atoms with Crippen LogP contribution in [0.25, 0.3) is 0 Å². The number of nitrogens with one attached hydrogen (secondary N) is 2. The van der Waals surface area contributed by atoms with E-state index < -0.39 is 42.0 Å². The van der Waals surface area contributed by atoms with Gasteiger partial charge >= 0.3 is 18.1 Å². The highest BCUT2D eigenvalue weighted by molar-refractivity contribution is 5.95. The second kappa shape index (κ2) is 7.89. The van der Waals surface area contributed by atoms with Crippen molar-refractivity contribution < 1.29 is 37.8 Å². The number of carbonyl (C=O) groups excluding carboxylic acids is 1. The molecular weight excluding hydrogens is 371 g/mol. The zero-order valence-corrected chi connectivity index (χ0v) is 13.6. The molecule has 4 N–H and O–H groups in total. The van der Waals surface area contributed by atoms with Gasteiger partial charge in [-0.1, -0.05) is 18.2 Å². The van der Waals surface area contributed by atoms with Crippen molar-refractivity contribution in [1.29, 1.82) is 0 Å². The molecule has 11 heteroatoms. The Morgan fingerprint density at radius 3 is 2.41 bits per heavy atom. The summed E-state index contributed by atoms with van der Waals surface area (Å²) in [6, 6.07) is 4.40. The number of aromatic carboxylic acids is 1. The second-order valence-electron chi connectivity index (χ2n) is 5.60. The maximum absolute atomic E-state index is 13.1. The lowest BCUT2D eigenvalue weighted by Gasteiger charge is -2.19. The van der Waals surface area contributed by atoms with Crippen LogP contribution in [0.3, 0.4) is 0 Å². The number of carbonyl (C=O) groups is 3. The van der Waals surface area contributed by atoms with Crippen LogP contribution in [0.2, 0.25) is 0 Å². The topological polar surface area (TPSA) is 132 Å². The molecule has 144 valence electrons. The Morgan fingerprint density at radius 1 is 1.19 bits per heavy atom. The molecule has 0 aliphatic rings. The molecule has 1 aromatic heterocycles. The lowest BCUT2D eigenvalue weighted by molar-refractivity contribution is -0.138. The fraction of sp³-hybridized carbons (Fsp3) is 0.250. The van der Waals surface area contributed by atoms with Gasteiger partial charge < -0.3 is 15.5 Å². The molecule has 0 saturated heterocycles. The van der Waals surface area contributed by atoms with E-state index in [1.54, 1.807) is 0 Å². The number of carboxylic acid groups (broad SMARTS) is 2. The molecule has 1 atom stereocenters. The van der Waals surface area contributed by atoms with E-state index in [0.717, 1.165) is 12.1 Å². The van der Waals surface area contributed by atoms with Gasteiger partial charge in [-0.25, -0.2) is 4.79 Å². The molecule has 0 radical (unpaired) electrons. The van der Waals surface area contributed by atoms with Crippen molar-refractivity contribution in [2.45, 2.75) is 25.1 Å². The first-order valence-electron chi connectivity index (χ1n) is 7.54. The molecule has 27 heavy (non-hydrogen) atoms. The highest BCUT2D eigenvalue weighted by Gasteiger charge is 2.33. The number of alkyl halides is 3. The Morgan fingerprint density at radius 2 is 1.85 bits per heavy atom. The molecule has 1 heterocycles. The highest BCUT2D eigenvalue weighted by atomic mass is 19.4. The summed E-state index contributed by atoms with van der Waals surface area (Å²) in [7, 11) is 0. The maximum atomic E-state index is 13.1. The average Bonchev–Trinajstić information content (AvgIpc) is 3.04. The number of rotatable bonds is 7. The third-order valence-electron chi connectivity index (χ3n) is 3.59. The molecule has 1 unspecified atom stereocenters. The Kier molecular flexibility index (Phi) is 5.83. The number of benzene rings is 1. The van der Waals surface area contributed by atoms with Gasteiger partial charge in [0, 0.05) is 12.1 Å². The molecule has 0 saturated carbocycles. The van der Waals surface area contributed by atoms with Gasteiger partial charge in [-0.05, 0) is 18.1 Å². The third kappa shape index (κ3) is 5.30. The minimum Gasteiger partial charge on any atom is -0.481 e. The van der Waals surface area contributed by atoms with Crippen molar-refractivity contribution in [3.63, 3.8) is 0 Å². The number of aliphatic carboxylic acids is 1. The van der Waals surface area contributed by atoms with Crippen molar-refractivity contribution in [2.24, 2.45) is 0 Å². The van der Waals surface area contributed by atoms with Crippen molar-refractivity contribution in [3.05, 3.63) is 52.8 Å². The largest absolute Gasteiger partial charge is 0.481 e. The average molecular weight is 385 g/mol. The minimum absolute atomic E-state index is 0.176. The molecule has 1 aromatic carbocycles. The number of amides is 1. The Balaban J connectivity index is 2.22. The SMILES string of the molecule is O=C(O)CC(Cc1ccccc1C(F)(F)F)NC(=O)c1cc(C(=O)O)[nH]n1. The van der Waals surface area contributed by atoms with Crippen LogP contribution in [0.5, 0.6) is 0 Å². The maximum Gasteiger partial charge on any atom is 0.416 e. The number of halogens is 3. The number of aromatic nitrogens is 2. The van der Waals surface area contributed by atoms with Crippen LogP contribution in [0.15, 0.2) is 30.3 Å². The van der Waals surface area contributed by atoms with Crippen molar-refractivity contribution in [2.75, 3.05) is 0 Å². The summed E-state index contributed by atoms with van der Waals surface area (Å²) < 4.78 is 39.3. The van der Waals surface area contributed by atoms with E-state index in [4.69, 9.17) is 10.2 Å². The predicted octanol–water partition coefficient (Wildman–Crippen LogP) is 1.94. The fourth-order valence-electron chi connectivity index (χ4n) is 2.43. The molecular formula is C16H14F3N3O5. The van der Waals surface area contributed by atoms with Crippen molar-refractivity contribution in [1.82, 2.24) is 15.5 Å². The molecule has 2 aromatic rings. The minimum atomic E-state index is -4.63. The lowest BCUT2D eigenvalue weighted by atomic mass is 9.98. The monoisotopic (exact) mass is 385 g/mol. The summed E-state index contributed by atoms with van der Waals surface area (Å²) in [5.41, 5.74) is -1.79. The molecule has 0 aliphatic heterocycles. The molecule has 2 rings (SSSR count). The van der Waals surface area contributed by atoms with E-state index in [1.807, 2.05) is 0 Å². The van der Waals surface area contributed by atoms with E-state index in [1.165, 1.54) is 18.2 Å². The fourth-order valence-corrected chi connectivity index (χ4v) is 2.43. The highest BCUT2D eigenvalue weighted by Crippen LogP contribution is 2.32. The number of carboxylic acids is 2. The second-order valence-corrected chi connectivity index (χ2v) is 5.60. The number of hydrogen-bond acceptors (Lipinski definition) is 4. The summed E-state index contributed by atoms with van der Waals surface area (Å²) in [6.45, 7) is 0. The van der Waals surface area contributed by atoms with Gasteiger partial charge in [-0.2, -0.15) is 18.3 Å². The number of hydrogen-bond donors (Lipinski definition) is 4. The third-order valence-corrected chi connectivity index (χ3v) is 3.59. The van der Waals surface area contributed by atoms with Gasteiger partial charge in [-0.3, -0.25) is 14.7 Å². The summed E-state index contributed by atoms with van der Waals surface area (Å²) in [4.78, 5) is 34.0. The standard InChI is InChI=1S/C16H14F3N3O5/c17-16(18,19)10-4-2-1-3-8(10)5-9(6-13(23)24)20-14(25)11-7-12(15(26)27)22-21-11/h1-4,7,9H,5-6H2,(H,20,25)(H,21,22)(H,23,24)(H,26,27). The summed E-state index contributed by atoms with van der Waals surface area (Å²) in [5, 5.41) is 25.6. The zero-order chi connectivity index (χ0) is 20.2. The molecule has 0 aliphatic carbocycles. The van der Waals surface area contributed by atoms with Gasteiger partial charge in [0.2, 0.25) is 0 Å². The summed E-state index contributed by atoms with van der Waals surface area (Å²) in [5.74, 6) is -3.59. The van der Waals surface area contributed by atoms with Crippen LogP contribution < -0.4 is 5.32 Å². The van der Waals surface area contributed by atoms with Crippen LogP contribution in [0.1, 0.15) is 38.5 Å². The first-order valence-corrected chi connectivity index (χ1v) is 7.54. The van der Waals surface area contributed by atoms with E-state index in [2.05, 4.69) is 15.5 Å². The van der Waals surface area contributed by atoms with E-state index >= 15 is 0 Å². The van der Waals surface area contributed by atoms with Gasteiger partial charge in [0.1, 0.15) is 5.69 Å². The van der Waals surface area contributed by atoms with Crippen molar-refractivity contribution >= 4 is 17.8 Å². The number of H-pyrrole nitrogens is 1. The Bertz CT molecular complexity index is 863. The van der Waals surface area contributed by atoms with Crippen LogP contribution in [-0.4, -0.2) is 44.3 Å². The summed E-state index contributed by atoms with van der Waals surface area (Å²) >= 11 is 0. The van der Waals surface area contributed by atoms with Crippen LogP contribution in [0, 0.1) is 0 Å². The van der Waals surface area contributed by atoms with Gasteiger partial charge in [0.15, 0.2) is 5.69 Å². The molecule has 0 spiro atoms. The Hall–Kier alpha value is -3.37. The van der Waals surface area contributed by atoms with E-state index in [0.29, 0.717) is 0 Å². The van der Waals surface area contributed by atoms with Gasteiger partial charge in [-0.15, -0.1) is 0 Å². The number of nitrogens with zero attached hydrogens (tertiary/aromatic N) is 1. The van der Waals surface area contributed by atoms with E-state index in [9.17, 15) is 27.6 Å². The first-order chi connectivity index (χ1) is 12.6. The normalized spacial score (nSPS) is 12.4. The van der Waals surface area contributed by atoms with E-state index in [-0.39, 0.29) is 23.4 Å². The number of aromatic amines is 1. The smallest absolute Gasteiger partial charge is 0.416 e. The Labute approximate surface area is 150 Å².